The van der Waals surface area contributed by atoms with E-state index in [0.29, 0.717) is 5.76 Å². The zero-order valence-corrected chi connectivity index (χ0v) is 26.0. The van der Waals surface area contributed by atoms with Gasteiger partial charge in [0.1, 0.15) is 12.6 Å². The fourth-order valence-electron chi connectivity index (χ4n) is 7.01. The van der Waals surface area contributed by atoms with Crippen LogP contribution in [0.1, 0.15) is 74.7 Å². The molecule has 3 fully saturated rings. The average molecular weight is 535 g/mol. The van der Waals surface area contributed by atoms with Crippen molar-refractivity contribution in [1.82, 2.24) is 0 Å². The second-order valence-electron chi connectivity index (χ2n) is 14.7. The Morgan fingerprint density at radius 3 is 2.38 bits per heavy atom. The van der Waals surface area contributed by atoms with Crippen molar-refractivity contribution in [2.24, 2.45) is 28.6 Å². The van der Waals surface area contributed by atoms with Crippen molar-refractivity contribution in [3.63, 3.8) is 0 Å². The van der Waals surface area contributed by atoms with E-state index >= 15 is 0 Å². The van der Waals surface area contributed by atoms with Gasteiger partial charge in [0, 0.05) is 12.5 Å². The summed E-state index contributed by atoms with van der Waals surface area (Å²) in [6.07, 6.45) is 4.14. The Bertz CT molecular complexity index is 960. The highest BCUT2D eigenvalue weighted by Gasteiger charge is 2.65. The summed E-state index contributed by atoms with van der Waals surface area (Å²) in [5.74, 6) is -0.235. The largest absolute Gasteiger partial charge is 0.541 e. The van der Waals surface area contributed by atoms with Crippen molar-refractivity contribution in [2.75, 3.05) is 13.9 Å². The van der Waals surface area contributed by atoms with E-state index in [9.17, 15) is 4.79 Å². The Kier molecular flexibility index (Phi) is 7.28. The SMILES string of the molecule is C=C1[C@@H](OCOC)CC[C@]2(C)[C@@H]1C[C@H]1C=C(O[Si](C)(C)C(C)(C)C)C(=O)[C@@H]([C@H]3OC(C)(C)O[C@@H]32)C1(C)C. The Morgan fingerprint density at radius 2 is 1.78 bits per heavy atom. The van der Waals surface area contributed by atoms with Crippen molar-refractivity contribution in [3.05, 3.63) is 24.0 Å². The number of ketones is 1. The molecule has 7 atom stereocenters. The summed E-state index contributed by atoms with van der Waals surface area (Å²) < 4.78 is 31.4. The third-order valence-corrected chi connectivity index (χ3v) is 14.7. The molecule has 6 nitrogen and oxygen atoms in total. The second-order valence-corrected chi connectivity index (χ2v) is 19.4. The maximum atomic E-state index is 14.3. The molecule has 0 unspecified atom stereocenters. The standard InChI is InChI=1S/C30H50O6Si/c1-18-20-15-19-16-22(36-37(11,12)27(2,3)4)24(31)23(28(19,5)6)25-26(35-29(7,8)34-25)30(20,9)14-13-21(18)33-17-32-10/h16,19-21,23,25-26H,1,13-15,17H2,2-12H3/t19-,20+,21-,23-,25+,26-,30+/m0/s1. The minimum Gasteiger partial charge on any atom is -0.541 e. The van der Waals surface area contributed by atoms with Gasteiger partial charge >= 0.3 is 0 Å². The average Bonchev–Trinajstić information content (AvgIpc) is 3.07. The molecule has 3 aliphatic carbocycles. The van der Waals surface area contributed by atoms with Crippen LogP contribution in [-0.4, -0.2) is 52.1 Å². The zero-order chi connectivity index (χ0) is 27.8. The Labute approximate surface area is 225 Å². The van der Waals surface area contributed by atoms with Crippen LogP contribution >= 0.6 is 0 Å². The summed E-state index contributed by atoms with van der Waals surface area (Å²) in [4.78, 5) is 14.3. The Morgan fingerprint density at radius 1 is 1.14 bits per heavy atom. The van der Waals surface area contributed by atoms with Crippen molar-refractivity contribution < 1.29 is 28.2 Å². The smallest absolute Gasteiger partial charge is 0.250 e. The van der Waals surface area contributed by atoms with Gasteiger partial charge in [-0.3, -0.25) is 4.79 Å². The summed E-state index contributed by atoms with van der Waals surface area (Å²) in [7, 11) is -0.570. The number of hydrogen-bond donors (Lipinski definition) is 0. The molecule has 210 valence electrons. The van der Waals surface area contributed by atoms with Gasteiger partial charge in [-0.1, -0.05) is 48.1 Å². The van der Waals surface area contributed by atoms with Crippen LogP contribution in [0.5, 0.6) is 0 Å². The quantitative estimate of drug-likeness (QED) is 0.224. The number of carbonyl (C=O) groups excluding carboxylic acids is 1. The Hall–Kier alpha value is -0.993. The number of ether oxygens (including phenoxy) is 4. The topological polar surface area (TPSA) is 63.2 Å². The molecule has 4 rings (SSSR count). The number of fused-ring (bicyclic) bond motifs is 6. The number of allylic oxidation sites excluding steroid dienone is 2. The van der Waals surface area contributed by atoms with Crippen molar-refractivity contribution in [1.29, 1.82) is 0 Å². The van der Waals surface area contributed by atoms with Crippen molar-refractivity contribution in [2.45, 2.75) is 117 Å². The van der Waals surface area contributed by atoms with E-state index in [4.69, 9.17) is 23.4 Å². The fourth-order valence-corrected chi connectivity index (χ4v) is 8.03. The zero-order valence-electron chi connectivity index (χ0n) is 25.0. The molecule has 2 saturated carbocycles. The lowest BCUT2D eigenvalue weighted by Crippen LogP contribution is -2.60. The third-order valence-electron chi connectivity index (χ3n) is 10.4. The molecule has 0 radical (unpaired) electrons. The lowest BCUT2D eigenvalue weighted by atomic mass is 9.50. The van der Waals surface area contributed by atoms with E-state index in [1.165, 1.54) is 0 Å². The van der Waals surface area contributed by atoms with E-state index in [1.54, 1.807) is 7.11 Å². The molecule has 4 aliphatic rings. The molecular formula is C30H50O6Si. The highest BCUT2D eigenvalue weighted by molar-refractivity contribution is 6.74. The first kappa shape index (κ1) is 29.0. The molecule has 1 saturated heterocycles. The number of carbonyl (C=O) groups is 1. The van der Waals surface area contributed by atoms with Crippen LogP contribution in [0.4, 0.5) is 0 Å². The number of methoxy groups -OCH3 is 1. The fraction of sp³-hybridized carbons (Fsp3) is 0.833. The van der Waals surface area contributed by atoms with Crippen LogP contribution in [0.25, 0.3) is 0 Å². The molecule has 0 aromatic carbocycles. The molecule has 7 heteroatoms. The summed E-state index contributed by atoms with van der Waals surface area (Å²) in [5.41, 5.74) is 0.553. The van der Waals surface area contributed by atoms with Gasteiger partial charge < -0.3 is 23.4 Å². The van der Waals surface area contributed by atoms with Crippen LogP contribution in [-0.2, 0) is 28.2 Å². The number of hydrogen-bond acceptors (Lipinski definition) is 6. The summed E-state index contributed by atoms with van der Waals surface area (Å²) in [6.45, 7) is 26.6. The lowest BCUT2D eigenvalue weighted by Gasteiger charge is -2.57. The van der Waals surface area contributed by atoms with E-state index in [1.807, 2.05) is 13.8 Å². The van der Waals surface area contributed by atoms with Gasteiger partial charge in [0.05, 0.1) is 24.2 Å². The molecule has 0 amide bonds. The van der Waals surface area contributed by atoms with Crippen LogP contribution in [0.15, 0.2) is 24.0 Å². The first-order valence-electron chi connectivity index (χ1n) is 14.0. The van der Waals surface area contributed by atoms with E-state index in [0.717, 1.165) is 24.8 Å². The van der Waals surface area contributed by atoms with Crippen LogP contribution in [0.3, 0.4) is 0 Å². The molecule has 1 aliphatic heterocycles. The van der Waals surface area contributed by atoms with Gasteiger partial charge in [-0.2, -0.15) is 0 Å². The van der Waals surface area contributed by atoms with E-state index in [-0.39, 0.29) is 64.5 Å². The first-order chi connectivity index (χ1) is 16.9. The van der Waals surface area contributed by atoms with Crippen LogP contribution in [0, 0.1) is 28.6 Å². The van der Waals surface area contributed by atoms with Crippen molar-refractivity contribution in [3.8, 4) is 0 Å². The monoisotopic (exact) mass is 534 g/mol. The molecule has 2 bridgehead atoms. The summed E-state index contributed by atoms with van der Waals surface area (Å²) in [6, 6.07) is 0. The minimum atomic E-state index is -2.22. The maximum absolute atomic E-state index is 14.3. The van der Waals surface area contributed by atoms with Gasteiger partial charge in [0.15, 0.2) is 5.79 Å². The molecule has 0 aromatic rings. The molecule has 37 heavy (non-hydrogen) atoms. The highest BCUT2D eigenvalue weighted by atomic mass is 28.4. The molecule has 0 N–H and O–H groups in total. The van der Waals surface area contributed by atoms with Gasteiger partial charge in [-0.05, 0) is 80.1 Å². The number of rotatable bonds is 5. The van der Waals surface area contributed by atoms with E-state index < -0.39 is 14.1 Å². The minimum absolute atomic E-state index is 0.0111. The molecular weight excluding hydrogens is 484 g/mol. The first-order valence-corrected chi connectivity index (χ1v) is 16.9. The summed E-state index contributed by atoms with van der Waals surface area (Å²) >= 11 is 0. The predicted molar refractivity (Wildman–Crippen MR) is 147 cm³/mol. The van der Waals surface area contributed by atoms with Crippen molar-refractivity contribution >= 4 is 14.1 Å². The highest BCUT2D eigenvalue weighted by Crippen LogP contribution is 2.61. The van der Waals surface area contributed by atoms with Gasteiger partial charge in [0.25, 0.3) is 8.32 Å². The normalized spacial score (nSPS) is 39.3. The second kappa shape index (κ2) is 9.29. The maximum Gasteiger partial charge on any atom is 0.250 e. The Balaban J connectivity index is 1.83. The molecule has 1 heterocycles. The van der Waals surface area contributed by atoms with Crippen LogP contribution < -0.4 is 0 Å². The molecule has 0 spiro atoms. The van der Waals surface area contributed by atoms with Gasteiger partial charge in [-0.25, -0.2) is 0 Å². The lowest BCUT2D eigenvalue weighted by molar-refractivity contribution is -0.166. The third kappa shape index (κ3) is 4.81. The van der Waals surface area contributed by atoms with Crippen LogP contribution in [0.2, 0.25) is 18.1 Å². The molecule has 0 aromatic heterocycles. The predicted octanol–water partition coefficient (Wildman–Crippen LogP) is 6.62. The number of Topliss-reactive ketones (excluding diaryl/α,β-unsaturated/α-hetero) is 1. The van der Waals surface area contributed by atoms with Gasteiger partial charge in [-0.15, -0.1) is 0 Å². The summed E-state index contributed by atoms with van der Waals surface area (Å²) in [5, 5.41) is -0.0111. The van der Waals surface area contributed by atoms with E-state index in [2.05, 4.69) is 67.3 Å². The van der Waals surface area contributed by atoms with Gasteiger partial charge in [0.2, 0.25) is 5.78 Å².